The highest BCUT2D eigenvalue weighted by Crippen LogP contribution is 2.16. The van der Waals surface area contributed by atoms with Crippen LogP contribution in [-0.4, -0.2) is 25.5 Å². The van der Waals surface area contributed by atoms with E-state index in [9.17, 15) is 14.4 Å². The molecule has 0 unspecified atom stereocenters. The number of ketones is 1. The zero-order valence-electron chi connectivity index (χ0n) is 11.5. The first kappa shape index (κ1) is 14.7. The SMILES string of the molecule is COc1ccc(C(=O)Cc2cc(C=O)ccc2C=O)cc1. The van der Waals surface area contributed by atoms with Crippen LogP contribution in [0.2, 0.25) is 0 Å². The maximum atomic E-state index is 12.2. The van der Waals surface area contributed by atoms with Crippen LogP contribution >= 0.6 is 0 Å². The number of Topliss-reactive ketones (excluding diaryl/α,β-unsaturated/α-hetero) is 1. The van der Waals surface area contributed by atoms with Crippen molar-refractivity contribution in [1.29, 1.82) is 0 Å². The molecule has 0 bridgehead atoms. The van der Waals surface area contributed by atoms with Gasteiger partial charge < -0.3 is 4.74 Å². The second-order valence-electron chi connectivity index (χ2n) is 4.52. The zero-order chi connectivity index (χ0) is 15.2. The van der Waals surface area contributed by atoms with Crippen molar-refractivity contribution >= 4 is 18.4 Å². The number of rotatable bonds is 6. The molecule has 4 nitrogen and oxygen atoms in total. The molecule has 0 aromatic heterocycles. The summed E-state index contributed by atoms with van der Waals surface area (Å²) in [7, 11) is 1.55. The molecule has 0 aliphatic rings. The molecule has 0 heterocycles. The third-order valence-electron chi connectivity index (χ3n) is 3.19. The summed E-state index contributed by atoms with van der Waals surface area (Å²) in [5.74, 6) is 0.548. The Hall–Kier alpha value is -2.75. The normalized spacial score (nSPS) is 9.95. The molecule has 0 aliphatic carbocycles. The van der Waals surface area contributed by atoms with Crippen LogP contribution in [-0.2, 0) is 6.42 Å². The lowest BCUT2D eigenvalue weighted by Crippen LogP contribution is -2.06. The molecule has 2 aromatic rings. The molecule has 0 aliphatic heterocycles. The van der Waals surface area contributed by atoms with E-state index in [1.165, 1.54) is 0 Å². The third kappa shape index (κ3) is 3.42. The lowest BCUT2D eigenvalue weighted by molar-refractivity contribution is 0.0992. The summed E-state index contributed by atoms with van der Waals surface area (Å²) < 4.78 is 5.04. The summed E-state index contributed by atoms with van der Waals surface area (Å²) in [5, 5.41) is 0. The Kier molecular flexibility index (Phi) is 4.61. The van der Waals surface area contributed by atoms with Gasteiger partial charge in [0, 0.05) is 23.1 Å². The average molecular weight is 282 g/mol. The Morgan fingerprint density at radius 3 is 2.33 bits per heavy atom. The van der Waals surface area contributed by atoms with Crippen LogP contribution in [0.15, 0.2) is 42.5 Å². The number of benzene rings is 2. The smallest absolute Gasteiger partial charge is 0.167 e. The third-order valence-corrected chi connectivity index (χ3v) is 3.19. The monoisotopic (exact) mass is 282 g/mol. The van der Waals surface area contributed by atoms with E-state index in [1.54, 1.807) is 49.6 Å². The van der Waals surface area contributed by atoms with Crippen molar-refractivity contribution in [3.05, 3.63) is 64.7 Å². The highest BCUT2D eigenvalue weighted by Gasteiger charge is 2.11. The van der Waals surface area contributed by atoms with Crippen LogP contribution in [0.25, 0.3) is 0 Å². The predicted molar refractivity (Wildman–Crippen MR) is 78.2 cm³/mol. The van der Waals surface area contributed by atoms with Crippen molar-refractivity contribution in [2.75, 3.05) is 7.11 Å². The van der Waals surface area contributed by atoms with E-state index in [0.717, 1.165) is 0 Å². The van der Waals surface area contributed by atoms with Gasteiger partial charge in [0.05, 0.1) is 7.11 Å². The number of carbonyl (C=O) groups excluding carboxylic acids is 3. The van der Waals surface area contributed by atoms with Crippen molar-refractivity contribution in [3.8, 4) is 5.75 Å². The fourth-order valence-electron chi connectivity index (χ4n) is 2.02. The molecule has 0 atom stereocenters. The van der Waals surface area contributed by atoms with Gasteiger partial charge in [-0.15, -0.1) is 0 Å². The summed E-state index contributed by atoms with van der Waals surface area (Å²) in [5.41, 5.74) is 1.94. The fourth-order valence-corrected chi connectivity index (χ4v) is 2.02. The maximum absolute atomic E-state index is 12.2. The van der Waals surface area contributed by atoms with Gasteiger partial charge in [0.2, 0.25) is 0 Å². The molecule has 0 spiro atoms. The molecule has 106 valence electrons. The van der Waals surface area contributed by atoms with Gasteiger partial charge in [-0.05, 0) is 35.9 Å². The summed E-state index contributed by atoms with van der Waals surface area (Å²) in [6.45, 7) is 0. The van der Waals surface area contributed by atoms with E-state index >= 15 is 0 Å². The maximum Gasteiger partial charge on any atom is 0.167 e. The van der Waals surface area contributed by atoms with Crippen molar-refractivity contribution < 1.29 is 19.1 Å². The molecule has 0 saturated heterocycles. The minimum atomic E-state index is -0.121. The zero-order valence-corrected chi connectivity index (χ0v) is 11.5. The Morgan fingerprint density at radius 2 is 1.76 bits per heavy atom. The molecule has 0 amide bonds. The molecular formula is C17H14O4. The summed E-state index contributed by atoms with van der Waals surface area (Å²) >= 11 is 0. The van der Waals surface area contributed by atoms with Crippen molar-refractivity contribution in [1.82, 2.24) is 0 Å². The fraction of sp³-hybridized carbons (Fsp3) is 0.118. The number of aldehydes is 2. The Morgan fingerprint density at radius 1 is 1.05 bits per heavy atom. The standard InChI is InChI=1S/C17H14O4/c1-21-16-6-4-13(5-7-16)17(20)9-15-8-12(10-18)2-3-14(15)11-19/h2-8,10-11H,9H2,1H3. The van der Waals surface area contributed by atoms with E-state index in [0.29, 0.717) is 40.6 Å². The first-order valence-corrected chi connectivity index (χ1v) is 6.38. The molecular weight excluding hydrogens is 268 g/mol. The summed E-state index contributed by atoms with van der Waals surface area (Å²) in [4.78, 5) is 34.0. The minimum Gasteiger partial charge on any atom is -0.497 e. The second kappa shape index (κ2) is 6.61. The number of hydrogen-bond donors (Lipinski definition) is 0. The van der Waals surface area contributed by atoms with Crippen LogP contribution in [0.5, 0.6) is 5.75 Å². The Balaban J connectivity index is 2.25. The van der Waals surface area contributed by atoms with Gasteiger partial charge in [-0.3, -0.25) is 14.4 Å². The summed E-state index contributed by atoms with van der Waals surface area (Å²) in [6.07, 6.45) is 1.45. The van der Waals surface area contributed by atoms with Crippen LogP contribution in [0, 0.1) is 0 Å². The van der Waals surface area contributed by atoms with Gasteiger partial charge >= 0.3 is 0 Å². The highest BCUT2D eigenvalue weighted by molar-refractivity contribution is 5.99. The van der Waals surface area contributed by atoms with E-state index in [4.69, 9.17) is 4.74 Å². The molecule has 0 radical (unpaired) electrons. The van der Waals surface area contributed by atoms with E-state index in [-0.39, 0.29) is 12.2 Å². The first-order valence-electron chi connectivity index (χ1n) is 6.38. The van der Waals surface area contributed by atoms with Gasteiger partial charge in [-0.25, -0.2) is 0 Å². The first-order chi connectivity index (χ1) is 10.2. The predicted octanol–water partition coefficient (Wildman–Crippen LogP) is 2.75. The Labute approximate surface area is 122 Å². The van der Waals surface area contributed by atoms with E-state index < -0.39 is 0 Å². The number of carbonyl (C=O) groups is 3. The lowest BCUT2D eigenvalue weighted by atomic mass is 9.97. The number of ether oxygens (including phenoxy) is 1. The molecule has 0 N–H and O–H groups in total. The quantitative estimate of drug-likeness (QED) is 0.603. The minimum absolute atomic E-state index is 0.0715. The van der Waals surface area contributed by atoms with Crippen molar-refractivity contribution in [2.24, 2.45) is 0 Å². The topological polar surface area (TPSA) is 60.4 Å². The largest absolute Gasteiger partial charge is 0.497 e. The van der Waals surface area contributed by atoms with Gasteiger partial charge in [-0.2, -0.15) is 0 Å². The molecule has 0 fully saturated rings. The second-order valence-corrected chi connectivity index (χ2v) is 4.52. The summed E-state index contributed by atoms with van der Waals surface area (Å²) in [6, 6.07) is 11.4. The molecule has 21 heavy (non-hydrogen) atoms. The van der Waals surface area contributed by atoms with Crippen LogP contribution in [0.1, 0.15) is 36.6 Å². The van der Waals surface area contributed by atoms with Gasteiger partial charge in [0.25, 0.3) is 0 Å². The number of hydrogen-bond acceptors (Lipinski definition) is 4. The molecule has 4 heteroatoms. The average Bonchev–Trinajstić information content (AvgIpc) is 2.54. The van der Waals surface area contributed by atoms with E-state index in [2.05, 4.69) is 0 Å². The van der Waals surface area contributed by atoms with Gasteiger partial charge in [0.1, 0.15) is 18.3 Å². The van der Waals surface area contributed by atoms with Crippen molar-refractivity contribution in [3.63, 3.8) is 0 Å². The Bertz CT molecular complexity index is 672. The molecule has 2 aromatic carbocycles. The van der Waals surface area contributed by atoms with Crippen LogP contribution in [0.3, 0.4) is 0 Å². The lowest BCUT2D eigenvalue weighted by Gasteiger charge is -2.06. The van der Waals surface area contributed by atoms with Crippen molar-refractivity contribution in [2.45, 2.75) is 6.42 Å². The van der Waals surface area contributed by atoms with Gasteiger partial charge in [-0.1, -0.05) is 12.1 Å². The molecule has 0 saturated carbocycles. The van der Waals surface area contributed by atoms with Crippen LogP contribution in [0.4, 0.5) is 0 Å². The number of methoxy groups -OCH3 is 1. The highest BCUT2D eigenvalue weighted by atomic mass is 16.5. The molecule has 2 rings (SSSR count). The van der Waals surface area contributed by atoms with Crippen LogP contribution < -0.4 is 4.74 Å². The van der Waals surface area contributed by atoms with E-state index in [1.807, 2.05) is 0 Å². The van der Waals surface area contributed by atoms with Gasteiger partial charge in [0.15, 0.2) is 5.78 Å².